The molecule has 1 aromatic heterocycles. The smallest absolute Gasteiger partial charge is 0.268 e. The molecular weight excluding hydrogens is 318 g/mol. The van der Waals surface area contributed by atoms with Crippen LogP contribution in [-0.4, -0.2) is 38.2 Å². The second-order valence-electron chi connectivity index (χ2n) is 5.07. The van der Waals surface area contributed by atoms with Gasteiger partial charge in [-0.3, -0.25) is 9.10 Å². The largest absolute Gasteiger partial charge is 0.476 e. The number of hydrogen-bond donors (Lipinski definition) is 1. The van der Waals surface area contributed by atoms with E-state index < -0.39 is 22.0 Å². The maximum Gasteiger partial charge on any atom is 0.268 e. The fourth-order valence-corrected chi connectivity index (χ4v) is 3.21. The first-order chi connectivity index (χ1) is 10.9. The molecule has 0 saturated heterocycles. The number of pyridine rings is 1. The number of amides is 1. The standard InChI is InChI=1S/C15H15N3O4S/c1-23(20,21)18-10-13(22-12-7-3-2-6-11(12)18)15(19)17-14-8-4-5-9-16-14/h2-9,13H,10H2,1H3,(H,16,17,19)/t13-/m0/s1. The molecule has 7 nitrogen and oxygen atoms in total. The molecule has 1 aliphatic heterocycles. The van der Waals surface area contributed by atoms with E-state index in [0.717, 1.165) is 6.26 Å². The summed E-state index contributed by atoms with van der Waals surface area (Å²) in [6.45, 7) is -0.0888. The zero-order chi connectivity index (χ0) is 16.4. The van der Waals surface area contributed by atoms with Crippen molar-refractivity contribution in [2.45, 2.75) is 6.10 Å². The fraction of sp³-hybridized carbons (Fsp3) is 0.200. The van der Waals surface area contributed by atoms with Gasteiger partial charge in [-0.1, -0.05) is 18.2 Å². The third-order valence-corrected chi connectivity index (χ3v) is 4.49. The summed E-state index contributed by atoms with van der Waals surface area (Å²) >= 11 is 0. The van der Waals surface area contributed by atoms with E-state index in [9.17, 15) is 13.2 Å². The van der Waals surface area contributed by atoms with Crippen LogP contribution in [0.2, 0.25) is 0 Å². The van der Waals surface area contributed by atoms with Gasteiger partial charge in [0.05, 0.1) is 18.5 Å². The van der Waals surface area contributed by atoms with E-state index in [0.29, 0.717) is 17.3 Å². The first-order valence-corrected chi connectivity index (χ1v) is 8.75. The first kappa shape index (κ1) is 15.3. The number of benzene rings is 1. The van der Waals surface area contributed by atoms with E-state index in [-0.39, 0.29) is 6.54 Å². The second-order valence-corrected chi connectivity index (χ2v) is 6.98. The molecule has 1 atom stereocenters. The van der Waals surface area contributed by atoms with Crippen molar-refractivity contribution in [2.24, 2.45) is 0 Å². The van der Waals surface area contributed by atoms with Gasteiger partial charge in [-0.25, -0.2) is 13.4 Å². The summed E-state index contributed by atoms with van der Waals surface area (Å²) < 4.78 is 30.8. The lowest BCUT2D eigenvalue weighted by atomic mass is 10.2. The van der Waals surface area contributed by atoms with Gasteiger partial charge in [0, 0.05) is 6.20 Å². The Balaban J connectivity index is 1.87. The van der Waals surface area contributed by atoms with Crippen LogP contribution in [0, 0.1) is 0 Å². The number of anilines is 2. The zero-order valence-electron chi connectivity index (χ0n) is 12.3. The summed E-state index contributed by atoms with van der Waals surface area (Å²) in [5.41, 5.74) is 0.428. The molecule has 1 amide bonds. The highest BCUT2D eigenvalue weighted by molar-refractivity contribution is 7.92. The van der Waals surface area contributed by atoms with E-state index in [2.05, 4.69) is 10.3 Å². The maximum atomic E-state index is 12.4. The van der Waals surface area contributed by atoms with Crippen molar-refractivity contribution in [1.82, 2.24) is 4.98 Å². The molecular formula is C15H15N3O4S. The SMILES string of the molecule is CS(=O)(=O)N1C[C@@H](C(=O)Nc2ccccn2)Oc2ccccc21. The van der Waals surface area contributed by atoms with Crippen LogP contribution in [0.4, 0.5) is 11.5 Å². The Morgan fingerprint density at radius 2 is 2.00 bits per heavy atom. The van der Waals surface area contributed by atoms with Crippen LogP contribution in [0.25, 0.3) is 0 Å². The van der Waals surface area contributed by atoms with Crippen molar-refractivity contribution >= 4 is 27.4 Å². The Labute approximate surface area is 134 Å². The van der Waals surface area contributed by atoms with Crippen LogP contribution in [0.5, 0.6) is 5.75 Å². The molecule has 2 heterocycles. The molecule has 1 aromatic carbocycles. The fourth-order valence-electron chi connectivity index (χ4n) is 2.30. The van der Waals surface area contributed by atoms with E-state index >= 15 is 0 Å². The second kappa shape index (κ2) is 5.88. The van der Waals surface area contributed by atoms with Crippen molar-refractivity contribution in [3.63, 3.8) is 0 Å². The zero-order valence-corrected chi connectivity index (χ0v) is 13.2. The monoisotopic (exact) mass is 333 g/mol. The lowest BCUT2D eigenvalue weighted by Gasteiger charge is -2.33. The molecule has 2 aromatic rings. The van der Waals surface area contributed by atoms with Crippen LogP contribution in [0.1, 0.15) is 0 Å². The number of para-hydroxylation sites is 2. The maximum absolute atomic E-state index is 12.4. The number of aromatic nitrogens is 1. The predicted molar refractivity (Wildman–Crippen MR) is 85.9 cm³/mol. The molecule has 3 rings (SSSR count). The molecule has 0 fully saturated rings. The van der Waals surface area contributed by atoms with Gasteiger partial charge < -0.3 is 10.1 Å². The summed E-state index contributed by atoms with van der Waals surface area (Å²) in [4.78, 5) is 16.4. The van der Waals surface area contributed by atoms with E-state index in [1.54, 1.807) is 48.7 Å². The molecule has 23 heavy (non-hydrogen) atoms. The van der Waals surface area contributed by atoms with Crippen LogP contribution in [-0.2, 0) is 14.8 Å². The molecule has 8 heteroatoms. The number of nitrogens with one attached hydrogen (secondary N) is 1. The minimum atomic E-state index is -3.52. The first-order valence-electron chi connectivity index (χ1n) is 6.90. The van der Waals surface area contributed by atoms with Gasteiger partial charge in [-0.2, -0.15) is 0 Å². The van der Waals surface area contributed by atoms with Gasteiger partial charge in [0.25, 0.3) is 5.91 Å². The molecule has 0 spiro atoms. The number of carbonyl (C=O) groups excluding carboxylic acids is 1. The summed E-state index contributed by atoms with van der Waals surface area (Å²) in [5.74, 6) is 0.281. The average molecular weight is 333 g/mol. The van der Waals surface area contributed by atoms with E-state index in [1.165, 1.54) is 4.31 Å². The Morgan fingerprint density at radius 3 is 2.70 bits per heavy atom. The number of sulfonamides is 1. The molecule has 0 radical (unpaired) electrons. The van der Waals surface area contributed by atoms with E-state index in [1.807, 2.05) is 0 Å². The average Bonchev–Trinajstić information content (AvgIpc) is 2.54. The minimum Gasteiger partial charge on any atom is -0.476 e. The van der Waals surface area contributed by atoms with Crippen LogP contribution < -0.4 is 14.4 Å². The molecule has 0 bridgehead atoms. The molecule has 0 saturated carbocycles. The van der Waals surface area contributed by atoms with E-state index in [4.69, 9.17) is 4.74 Å². The number of hydrogen-bond acceptors (Lipinski definition) is 5. The molecule has 1 N–H and O–H groups in total. The van der Waals surface area contributed by atoms with Crippen molar-refractivity contribution in [2.75, 3.05) is 22.4 Å². The Kier molecular flexibility index (Phi) is 3.91. The predicted octanol–water partition coefficient (Wildman–Crippen LogP) is 1.25. The van der Waals surface area contributed by atoms with Gasteiger partial charge in [0.2, 0.25) is 10.0 Å². The normalized spacial score (nSPS) is 17.1. The number of fused-ring (bicyclic) bond motifs is 1. The Morgan fingerprint density at radius 1 is 1.26 bits per heavy atom. The molecule has 120 valence electrons. The lowest BCUT2D eigenvalue weighted by molar-refractivity contribution is -0.122. The highest BCUT2D eigenvalue weighted by atomic mass is 32.2. The van der Waals surface area contributed by atoms with Crippen LogP contribution in [0.15, 0.2) is 48.7 Å². The molecule has 0 aliphatic carbocycles. The van der Waals surface area contributed by atoms with Crippen molar-refractivity contribution < 1.29 is 17.9 Å². The van der Waals surface area contributed by atoms with Gasteiger partial charge in [-0.05, 0) is 24.3 Å². The third-order valence-electron chi connectivity index (χ3n) is 3.34. The highest BCUT2D eigenvalue weighted by Gasteiger charge is 2.34. The topological polar surface area (TPSA) is 88.6 Å². The summed E-state index contributed by atoms with van der Waals surface area (Å²) in [6.07, 6.45) is 1.69. The Bertz CT molecular complexity index is 824. The van der Waals surface area contributed by atoms with Crippen LogP contribution >= 0.6 is 0 Å². The highest BCUT2D eigenvalue weighted by Crippen LogP contribution is 2.34. The molecule has 0 unspecified atom stereocenters. The van der Waals surface area contributed by atoms with Crippen molar-refractivity contribution in [1.29, 1.82) is 0 Å². The summed E-state index contributed by atoms with van der Waals surface area (Å²) in [7, 11) is -3.52. The van der Waals surface area contributed by atoms with Gasteiger partial charge >= 0.3 is 0 Å². The van der Waals surface area contributed by atoms with Gasteiger partial charge in [0.1, 0.15) is 11.6 Å². The van der Waals surface area contributed by atoms with Crippen molar-refractivity contribution in [3.05, 3.63) is 48.7 Å². The third kappa shape index (κ3) is 3.26. The number of rotatable bonds is 3. The minimum absolute atomic E-state index is 0.0888. The molecule has 1 aliphatic rings. The van der Waals surface area contributed by atoms with Crippen molar-refractivity contribution in [3.8, 4) is 5.75 Å². The summed E-state index contributed by atoms with van der Waals surface area (Å²) in [5, 5.41) is 2.62. The van der Waals surface area contributed by atoms with Gasteiger partial charge in [0.15, 0.2) is 6.10 Å². The number of carbonyl (C=O) groups is 1. The number of nitrogens with zero attached hydrogens (tertiary/aromatic N) is 2. The number of ether oxygens (including phenoxy) is 1. The quantitative estimate of drug-likeness (QED) is 0.913. The van der Waals surface area contributed by atoms with Crippen LogP contribution in [0.3, 0.4) is 0 Å². The van der Waals surface area contributed by atoms with Gasteiger partial charge in [-0.15, -0.1) is 0 Å². The summed E-state index contributed by atoms with van der Waals surface area (Å²) in [6, 6.07) is 11.8. The Hall–Kier alpha value is -2.61. The lowest BCUT2D eigenvalue weighted by Crippen LogP contribution is -2.48.